The number of piperidine rings is 1. The fourth-order valence-corrected chi connectivity index (χ4v) is 4.50. The second kappa shape index (κ2) is 5.91. The third kappa shape index (κ3) is 2.79. The van der Waals surface area contributed by atoms with Gasteiger partial charge in [0, 0.05) is 37.8 Å². The first-order chi connectivity index (χ1) is 11.1. The van der Waals surface area contributed by atoms with Gasteiger partial charge in [0.25, 0.3) is 5.56 Å². The van der Waals surface area contributed by atoms with Crippen molar-refractivity contribution in [2.45, 2.75) is 32.4 Å². The van der Waals surface area contributed by atoms with E-state index in [9.17, 15) is 4.79 Å². The molecule has 4 rings (SSSR count). The lowest BCUT2D eigenvalue weighted by atomic mass is 9.82. The van der Waals surface area contributed by atoms with E-state index in [1.165, 1.54) is 17.7 Å². The lowest BCUT2D eigenvalue weighted by Crippen LogP contribution is -2.47. The van der Waals surface area contributed by atoms with E-state index in [-0.39, 0.29) is 5.56 Å². The van der Waals surface area contributed by atoms with Crippen molar-refractivity contribution in [3.8, 4) is 0 Å². The number of halogens is 1. The number of hydrogen-bond acceptors (Lipinski definition) is 2. The summed E-state index contributed by atoms with van der Waals surface area (Å²) in [6.07, 6.45) is 1.21. The van der Waals surface area contributed by atoms with Crippen LogP contribution in [0.2, 0.25) is 0 Å². The highest BCUT2D eigenvalue weighted by molar-refractivity contribution is 9.10. The highest BCUT2D eigenvalue weighted by Crippen LogP contribution is 2.36. The molecule has 2 atom stereocenters. The predicted octanol–water partition coefficient (Wildman–Crippen LogP) is 3.54. The Bertz CT molecular complexity index is 784. The van der Waals surface area contributed by atoms with E-state index in [0.29, 0.717) is 11.8 Å². The minimum atomic E-state index is 0.145. The Morgan fingerprint density at radius 1 is 1.17 bits per heavy atom. The molecule has 0 amide bonds. The van der Waals surface area contributed by atoms with E-state index in [1.54, 1.807) is 0 Å². The standard InChI is InChI=1S/C19H21BrN2O/c1-13-7-17-16-8-15(11-22(17)19(23)18(13)20)10-21(12-16)9-14-5-3-2-4-6-14/h2-7,15-16H,8-12H2,1H3. The molecule has 0 N–H and O–H groups in total. The maximum Gasteiger partial charge on any atom is 0.265 e. The molecule has 23 heavy (non-hydrogen) atoms. The number of fused-ring (bicyclic) bond motifs is 4. The zero-order valence-electron chi connectivity index (χ0n) is 13.3. The largest absolute Gasteiger partial charge is 0.311 e. The van der Waals surface area contributed by atoms with Gasteiger partial charge in [-0.3, -0.25) is 9.69 Å². The van der Waals surface area contributed by atoms with Crippen LogP contribution in [0.5, 0.6) is 0 Å². The van der Waals surface area contributed by atoms with Gasteiger partial charge in [0.15, 0.2) is 0 Å². The number of rotatable bonds is 2. The normalized spacial score (nSPS) is 23.6. The number of nitrogens with zero attached hydrogens (tertiary/aromatic N) is 2. The summed E-state index contributed by atoms with van der Waals surface area (Å²) in [7, 11) is 0. The molecule has 1 aromatic carbocycles. The molecule has 3 heterocycles. The summed E-state index contributed by atoms with van der Waals surface area (Å²) in [5, 5.41) is 0. The average molecular weight is 373 g/mol. The zero-order valence-corrected chi connectivity index (χ0v) is 14.9. The minimum absolute atomic E-state index is 0.145. The molecular formula is C19H21BrN2O. The molecular weight excluding hydrogens is 352 g/mol. The third-order valence-corrected chi connectivity index (χ3v) is 6.14. The quantitative estimate of drug-likeness (QED) is 0.805. The molecule has 0 spiro atoms. The summed E-state index contributed by atoms with van der Waals surface area (Å²) in [5.74, 6) is 1.06. The molecule has 2 aliphatic heterocycles. The zero-order chi connectivity index (χ0) is 16.0. The Morgan fingerprint density at radius 2 is 1.96 bits per heavy atom. The van der Waals surface area contributed by atoms with E-state index in [1.807, 2.05) is 11.5 Å². The Balaban J connectivity index is 1.63. The van der Waals surface area contributed by atoms with Gasteiger partial charge in [-0.15, -0.1) is 0 Å². The van der Waals surface area contributed by atoms with E-state index >= 15 is 0 Å². The first-order valence-electron chi connectivity index (χ1n) is 8.28. The van der Waals surface area contributed by atoms with Crippen LogP contribution >= 0.6 is 15.9 Å². The number of pyridine rings is 1. The predicted molar refractivity (Wildman–Crippen MR) is 95.7 cm³/mol. The number of aromatic nitrogens is 1. The number of likely N-dealkylation sites (tertiary alicyclic amines) is 1. The van der Waals surface area contributed by atoms with Gasteiger partial charge in [0.05, 0.1) is 4.47 Å². The van der Waals surface area contributed by atoms with Gasteiger partial charge in [-0.1, -0.05) is 30.3 Å². The van der Waals surface area contributed by atoms with Gasteiger partial charge in [0.1, 0.15) is 0 Å². The van der Waals surface area contributed by atoms with Gasteiger partial charge < -0.3 is 4.57 Å². The molecule has 4 heteroatoms. The minimum Gasteiger partial charge on any atom is -0.311 e. The second-order valence-corrected chi connectivity index (χ2v) is 7.75. The van der Waals surface area contributed by atoms with Crippen molar-refractivity contribution >= 4 is 15.9 Å². The van der Waals surface area contributed by atoms with Crippen LogP contribution in [0.1, 0.15) is 29.2 Å². The van der Waals surface area contributed by atoms with E-state index in [0.717, 1.165) is 36.2 Å². The first kappa shape index (κ1) is 15.2. The fourth-order valence-electron chi connectivity index (χ4n) is 4.17. The molecule has 3 nitrogen and oxygen atoms in total. The molecule has 0 aliphatic carbocycles. The van der Waals surface area contributed by atoms with Crippen LogP contribution in [-0.4, -0.2) is 22.6 Å². The maximum absolute atomic E-state index is 12.5. The van der Waals surface area contributed by atoms with Gasteiger partial charge in [-0.25, -0.2) is 0 Å². The van der Waals surface area contributed by atoms with Crippen molar-refractivity contribution < 1.29 is 0 Å². The summed E-state index contributed by atoms with van der Waals surface area (Å²) < 4.78 is 2.73. The topological polar surface area (TPSA) is 25.2 Å². The molecule has 1 fully saturated rings. The molecule has 1 saturated heterocycles. The Morgan fingerprint density at radius 3 is 2.74 bits per heavy atom. The molecule has 0 saturated carbocycles. The van der Waals surface area contributed by atoms with Crippen molar-refractivity contribution in [1.82, 2.24) is 9.47 Å². The first-order valence-corrected chi connectivity index (χ1v) is 9.07. The van der Waals surface area contributed by atoms with Crippen molar-refractivity contribution in [2.75, 3.05) is 13.1 Å². The number of hydrogen-bond donors (Lipinski definition) is 0. The van der Waals surface area contributed by atoms with E-state index in [4.69, 9.17) is 0 Å². The maximum atomic E-state index is 12.5. The fraction of sp³-hybridized carbons (Fsp3) is 0.421. The van der Waals surface area contributed by atoms with Crippen LogP contribution in [0.25, 0.3) is 0 Å². The van der Waals surface area contributed by atoms with E-state index < -0.39 is 0 Å². The molecule has 120 valence electrons. The lowest BCUT2D eigenvalue weighted by Gasteiger charge is -2.43. The molecule has 2 unspecified atom stereocenters. The molecule has 2 aromatic rings. The van der Waals surface area contributed by atoms with Gasteiger partial charge in [-0.05, 0) is 52.4 Å². The van der Waals surface area contributed by atoms with Crippen molar-refractivity contribution in [1.29, 1.82) is 0 Å². The summed E-state index contributed by atoms with van der Waals surface area (Å²) in [6, 6.07) is 12.9. The smallest absolute Gasteiger partial charge is 0.265 e. The summed E-state index contributed by atoms with van der Waals surface area (Å²) in [5.41, 5.74) is 3.80. The van der Waals surface area contributed by atoms with Crippen molar-refractivity contribution in [2.24, 2.45) is 5.92 Å². The SMILES string of the molecule is Cc1cc2n(c(=O)c1Br)CC1CC2CN(Cc2ccccc2)C1. The van der Waals surface area contributed by atoms with Crippen LogP contribution in [-0.2, 0) is 13.1 Å². The van der Waals surface area contributed by atoms with Crippen LogP contribution in [0, 0.1) is 12.8 Å². The van der Waals surface area contributed by atoms with Crippen molar-refractivity contribution in [3.63, 3.8) is 0 Å². The Hall–Kier alpha value is -1.39. The van der Waals surface area contributed by atoms with Gasteiger partial charge in [-0.2, -0.15) is 0 Å². The van der Waals surface area contributed by atoms with Crippen LogP contribution in [0.4, 0.5) is 0 Å². The molecule has 1 aromatic heterocycles. The Kier molecular flexibility index (Phi) is 3.90. The summed E-state index contributed by atoms with van der Waals surface area (Å²) >= 11 is 3.45. The van der Waals surface area contributed by atoms with Crippen LogP contribution in [0.3, 0.4) is 0 Å². The average Bonchev–Trinajstić information content (AvgIpc) is 2.55. The van der Waals surface area contributed by atoms with Gasteiger partial charge in [0.2, 0.25) is 0 Å². The molecule has 0 radical (unpaired) electrons. The molecule has 2 aliphatic rings. The van der Waals surface area contributed by atoms with Crippen LogP contribution in [0.15, 0.2) is 45.7 Å². The molecule has 2 bridgehead atoms. The van der Waals surface area contributed by atoms with Crippen molar-refractivity contribution in [3.05, 3.63) is 68.0 Å². The van der Waals surface area contributed by atoms with Crippen LogP contribution < -0.4 is 5.56 Å². The number of aryl methyl sites for hydroxylation is 1. The van der Waals surface area contributed by atoms with Gasteiger partial charge >= 0.3 is 0 Å². The summed E-state index contributed by atoms with van der Waals surface area (Å²) in [4.78, 5) is 15.1. The summed E-state index contributed by atoms with van der Waals surface area (Å²) in [6.45, 7) is 6.01. The third-order valence-electron chi connectivity index (χ3n) is 5.18. The lowest BCUT2D eigenvalue weighted by molar-refractivity contribution is 0.114. The van der Waals surface area contributed by atoms with E-state index in [2.05, 4.69) is 57.2 Å². The highest BCUT2D eigenvalue weighted by Gasteiger charge is 2.35. The second-order valence-electron chi connectivity index (χ2n) is 6.96. The monoisotopic (exact) mass is 372 g/mol. The highest BCUT2D eigenvalue weighted by atomic mass is 79.9. The number of benzene rings is 1. The Labute approximate surface area is 145 Å².